The van der Waals surface area contributed by atoms with Crippen molar-refractivity contribution in [2.75, 3.05) is 0 Å². The number of hydrogen-bond donors (Lipinski definition) is 2. The maximum absolute atomic E-state index is 12.1. The highest BCUT2D eigenvalue weighted by atomic mass is 32.2. The van der Waals surface area contributed by atoms with E-state index in [0.717, 1.165) is 15.9 Å². The van der Waals surface area contributed by atoms with Gasteiger partial charge in [-0.15, -0.1) is 0 Å². The summed E-state index contributed by atoms with van der Waals surface area (Å²) in [6.07, 6.45) is 0. The van der Waals surface area contributed by atoms with Gasteiger partial charge in [0.05, 0.1) is 10.8 Å². The first-order valence-electron chi connectivity index (χ1n) is 7.38. The maximum Gasteiger partial charge on any atom is 0.321 e. The van der Waals surface area contributed by atoms with E-state index >= 15 is 0 Å². The van der Waals surface area contributed by atoms with Gasteiger partial charge in [-0.25, -0.2) is 14.8 Å². The van der Waals surface area contributed by atoms with Crippen molar-refractivity contribution in [3.8, 4) is 0 Å². The number of benzene rings is 1. The summed E-state index contributed by atoms with van der Waals surface area (Å²) in [4.78, 5) is 32.5. The van der Waals surface area contributed by atoms with Crippen LogP contribution in [0.3, 0.4) is 0 Å². The van der Waals surface area contributed by atoms with Crippen molar-refractivity contribution < 1.29 is 9.59 Å². The zero-order chi connectivity index (χ0) is 17.0. The summed E-state index contributed by atoms with van der Waals surface area (Å²) in [7, 11) is 0. The highest BCUT2D eigenvalue weighted by molar-refractivity contribution is 8.00. The standard InChI is InChI=1S/C16H20N4O2S/c1-9(2)17-16(22)20-14(21)10(3)23-15-12-7-5-6-8-13(12)18-11(4)19-15/h5-10H,1-4H3,(H2,17,20,21,22)/t10-/m1/s1. The molecule has 0 aliphatic heterocycles. The Hall–Kier alpha value is -2.15. The van der Waals surface area contributed by atoms with Gasteiger partial charge in [-0.05, 0) is 33.8 Å². The van der Waals surface area contributed by atoms with Crippen LogP contribution in [-0.2, 0) is 4.79 Å². The molecule has 3 amide bonds. The fourth-order valence-corrected chi connectivity index (χ4v) is 2.97. The van der Waals surface area contributed by atoms with E-state index in [0.29, 0.717) is 5.82 Å². The minimum Gasteiger partial charge on any atom is -0.336 e. The molecule has 0 unspecified atom stereocenters. The number of carbonyl (C=O) groups is 2. The van der Waals surface area contributed by atoms with Gasteiger partial charge in [-0.2, -0.15) is 0 Å². The molecule has 1 atom stereocenters. The van der Waals surface area contributed by atoms with Gasteiger partial charge in [0, 0.05) is 11.4 Å². The van der Waals surface area contributed by atoms with Crippen LogP contribution in [0.15, 0.2) is 29.3 Å². The van der Waals surface area contributed by atoms with Crippen molar-refractivity contribution in [3.05, 3.63) is 30.1 Å². The molecule has 2 N–H and O–H groups in total. The predicted octanol–water partition coefficient (Wildman–Crippen LogP) is 2.65. The second-order valence-corrected chi connectivity index (χ2v) is 6.80. The zero-order valence-electron chi connectivity index (χ0n) is 13.6. The Bertz CT molecular complexity index is 733. The molecular formula is C16H20N4O2S. The van der Waals surface area contributed by atoms with E-state index in [1.54, 1.807) is 6.92 Å². The summed E-state index contributed by atoms with van der Waals surface area (Å²) >= 11 is 1.31. The van der Waals surface area contributed by atoms with Crippen LogP contribution in [0.25, 0.3) is 10.9 Å². The number of hydrogen-bond acceptors (Lipinski definition) is 5. The van der Waals surface area contributed by atoms with Gasteiger partial charge in [0.2, 0.25) is 5.91 Å². The lowest BCUT2D eigenvalue weighted by Crippen LogP contribution is -2.45. The van der Waals surface area contributed by atoms with E-state index in [4.69, 9.17) is 0 Å². The Labute approximate surface area is 139 Å². The monoisotopic (exact) mass is 332 g/mol. The molecule has 1 aromatic carbocycles. The molecule has 0 spiro atoms. The number of carbonyl (C=O) groups excluding carboxylic acids is 2. The summed E-state index contributed by atoms with van der Waals surface area (Å²) < 4.78 is 0. The first-order chi connectivity index (χ1) is 10.9. The first kappa shape index (κ1) is 17.2. The van der Waals surface area contributed by atoms with Gasteiger partial charge in [0.25, 0.3) is 0 Å². The number of imide groups is 1. The molecule has 2 aromatic rings. The fraction of sp³-hybridized carbons (Fsp3) is 0.375. The van der Waals surface area contributed by atoms with Gasteiger partial charge < -0.3 is 5.32 Å². The second kappa shape index (κ2) is 7.41. The summed E-state index contributed by atoms with van der Waals surface area (Å²) in [5, 5.41) is 6.15. The smallest absolute Gasteiger partial charge is 0.321 e. The Balaban J connectivity index is 2.12. The summed E-state index contributed by atoms with van der Waals surface area (Å²) in [6, 6.07) is 7.14. The van der Waals surface area contributed by atoms with Crippen molar-refractivity contribution in [1.29, 1.82) is 0 Å². The average Bonchev–Trinajstić information content (AvgIpc) is 2.45. The van der Waals surface area contributed by atoms with Crippen molar-refractivity contribution >= 4 is 34.6 Å². The lowest BCUT2D eigenvalue weighted by molar-refractivity contribution is -0.119. The minimum atomic E-state index is -0.485. The molecule has 6 nitrogen and oxygen atoms in total. The number of rotatable bonds is 4. The van der Waals surface area contributed by atoms with Crippen LogP contribution in [0.4, 0.5) is 4.79 Å². The van der Waals surface area contributed by atoms with Crippen LogP contribution in [0, 0.1) is 6.92 Å². The average molecular weight is 332 g/mol. The topological polar surface area (TPSA) is 84.0 Å². The lowest BCUT2D eigenvalue weighted by atomic mass is 10.2. The normalized spacial score (nSPS) is 12.2. The number of amides is 3. The van der Waals surface area contributed by atoms with Gasteiger partial charge in [-0.1, -0.05) is 30.0 Å². The number of urea groups is 1. The Kier molecular flexibility index (Phi) is 5.54. The van der Waals surface area contributed by atoms with Gasteiger partial charge in [0.1, 0.15) is 10.9 Å². The van der Waals surface area contributed by atoms with Gasteiger partial charge in [0.15, 0.2) is 0 Å². The highest BCUT2D eigenvalue weighted by Crippen LogP contribution is 2.28. The molecule has 1 aromatic heterocycles. The van der Waals surface area contributed by atoms with Crippen molar-refractivity contribution in [2.45, 2.75) is 44.0 Å². The molecule has 0 fully saturated rings. The van der Waals surface area contributed by atoms with E-state index in [9.17, 15) is 9.59 Å². The van der Waals surface area contributed by atoms with E-state index in [1.165, 1.54) is 11.8 Å². The molecule has 1 heterocycles. The molecular weight excluding hydrogens is 312 g/mol. The van der Waals surface area contributed by atoms with Crippen LogP contribution >= 0.6 is 11.8 Å². The molecule has 23 heavy (non-hydrogen) atoms. The number of para-hydroxylation sites is 1. The Morgan fingerprint density at radius 2 is 1.83 bits per heavy atom. The van der Waals surface area contributed by atoms with Gasteiger partial charge in [-0.3, -0.25) is 10.1 Å². The summed E-state index contributed by atoms with van der Waals surface area (Å²) in [5.74, 6) is 0.296. The van der Waals surface area contributed by atoms with Crippen LogP contribution in [0.2, 0.25) is 0 Å². The number of aromatic nitrogens is 2. The fourth-order valence-electron chi connectivity index (χ4n) is 1.98. The number of nitrogens with one attached hydrogen (secondary N) is 2. The molecule has 7 heteroatoms. The number of thioether (sulfide) groups is 1. The highest BCUT2D eigenvalue weighted by Gasteiger charge is 2.19. The minimum absolute atomic E-state index is 0.0285. The molecule has 0 saturated heterocycles. The van der Waals surface area contributed by atoms with E-state index in [2.05, 4.69) is 20.6 Å². The molecule has 122 valence electrons. The summed E-state index contributed by atoms with van der Waals surface area (Å²) in [6.45, 7) is 7.22. The van der Waals surface area contributed by atoms with E-state index in [1.807, 2.05) is 45.0 Å². The van der Waals surface area contributed by atoms with Crippen molar-refractivity contribution in [2.24, 2.45) is 0 Å². The Morgan fingerprint density at radius 1 is 1.13 bits per heavy atom. The quantitative estimate of drug-likeness (QED) is 0.664. The van der Waals surface area contributed by atoms with Crippen LogP contribution in [0.5, 0.6) is 0 Å². The Morgan fingerprint density at radius 3 is 2.52 bits per heavy atom. The molecule has 2 rings (SSSR count). The largest absolute Gasteiger partial charge is 0.336 e. The van der Waals surface area contributed by atoms with Crippen molar-refractivity contribution in [3.63, 3.8) is 0 Å². The molecule has 0 radical (unpaired) electrons. The SMILES string of the molecule is Cc1nc(S[C@H](C)C(=O)NC(=O)NC(C)C)c2ccccc2n1. The maximum atomic E-state index is 12.1. The third-order valence-corrected chi connectivity index (χ3v) is 4.10. The van der Waals surface area contributed by atoms with Crippen molar-refractivity contribution in [1.82, 2.24) is 20.6 Å². The third-order valence-electron chi connectivity index (χ3n) is 2.99. The van der Waals surface area contributed by atoms with Gasteiger partial charge >= 0.3 is 6.03 Å². The molecule has 0 aliphatic carbocycles. The zero-order valence-corrected chi connectivity index (χ0v) is 14.4. The van der Waals surface area contributed by atoms with E-state index < -0.39 is 11.3 Å². The molecule has 0 bridgehead atoms. The number of aryl methyl sites for hydroxylation is 1. The first-order valence-corrected chi connectivity index (χ1v) is 8.26. The number of nitrogens with zero attached hydrogens (tertiary/aromatic N) is 2. The van der Waals surface area contributed by atoms with Crippen LogP contribution < -0.4 is 10.6 Å². The number of fused-ring (bicyclic) bond motifs is 1. The van der Waals surface area contributed by atoms with E-state index in [-0.39, 0.29) is 11.9 Å². The van der Waals surface area contributed by atoms with Crippen LogP contribution in [0.1, 0.15) is 26.6 Å². The van der Waals surface area contributed by atoms with Crippen LogP contribution in [-0.4, -0.2) is 33.2 Å². The third kappa shape index (κ3) is 4.66. The summed E-state index contributed by atoms with van der Waals surface area (Å²) in [5.41, 5.74) is 0.840. The second-order valence-electron chi connectivity index (χ2n) is 5.47. The predicted molar refractivity (Wildman–Crippen MR) is 91.4 cm³/mol. The lowest BCUT2D eigenvalue weighted by Gasteiger charge is -2.14. The molecule has 0 saturated carbocycles. The molecule has 0 aliphatic rings.